The van der Waals surface area contributed by atoms with Crippen molar-refractivity contribution >= 4 is 35.0 Å². The molecule has 8 heteroatoms. The quantitative estimate of drug-likeness (QED) is 0.275. The molecule has 0 fully saturated rings. The minimum absolute atomic E-state index is 0.141. The van der Waals surface area contributed by atoms with E-state index < -0.39 is 0 Å². The molecule has 1 aromatic heterocycles. The van der Waals surface area contributed by atoms with E-state index in [4.69, 9.17) is 16.3 Å². The van der Waals surface area contributed by atoms with Crippen LogP contribution in [0.5, 0.6) is 5.75 Å². The summed E-state index contributed by atoms with van der Waals surface area (Å²) >= 11 is 7.46. The molecule has 2 aromatic carbocycles. The predicted octanol–water partition coefficient (Wildman–Crippen LogP) is 6.17. The second-order valence-corrected chi connectivity index (χ2v) is 9.38. The van der Waals surface area contributed by atoms with E-state index in [-0.39, 0.29) is 18.3 Å². The topological polar surface area (TPSA) is 69.0 Å². The van der Waals surface area contributed by atoms with Crippen molar-refractivity contribution in [2.45, 2.75) is 51.9 Å². The molecule has 33 heavy (non-hydrogen) atoms. The van der Waals surface area contributed by atoms with E-state index in [1.54, 1.807) is 12.1 Å². The average molecular weight is 485 g/mol. The van der Waals surface area contributed by atoms with Crippen LogP contribution in [0.25, 0.3) is 0 Å². The van der Waals surface area contributed by atoms with E-state index in [2.05, 4.69) is 48.1 Å². The second kappa shape index (κ2) is 11.4. The number of aryl methyl sites for hydroxylation is 1. The van der Waals surface area contributed by atoms with Crippen molar-refractivity contribution in [3.8, 4) is 5.75 Å². The molecule has 1 heterocycles. The van der Waals surface area contributed by atoms with Crippen LogP contribution < -0.4 is 10.1 Å². The van der Waals surface area contributed by atoms with Gasteiger partial charge in [-0.2, -0.15) is 0 Å². The third-order valence-electron chi connectivity index (χ3n) is 5.13. The van der Waals surface area contributed by atoms with Crippen molar-refractivity contribution in [3.63, 3.8) is 0 Å². The number of carbonyl (C=O) groups is 1. The molecule has 0 spiro atoms. The van der Waals surface area contributed by atoms with Crippen LogP contribution in [0.3, 0.4) is 0 Å². The first-order valence-corrected chi connectivity index (χ1v) is 12.1. The number of benzene rings is 2. The van der Waals surface area contributed by atoms with Gasteiger partial charge in [0.15, 0.2) is 11.0 Å². The Kier molecular flexibility index (Phi) is 8.58. The maximum Gasteiger partial charge on any atom is 0.234 e. The van der Waals surface area contributed by atoms with Gasteiger partial charge in [0.25, 0.3) is 0 Å². The Balaban J connectivity index is 1.68. The number of thioether (sulfide) groups is 1. The van der Waals surface area contributed by atoms with Crippen LogP contribution in [0.15, 0.2) is 54.2 Å². The van der Waals surface area contributed by atoms with Gasteiger partial charge in [0.1, 0.15) is 12.4 Å². The van der Waals surface area contributed by atoms with Crippen LogP contribution in [0.2, 0.25) is 5.02 Å². The second-order valence-electron chi connectivity index (χ2n) is 8.03. The zero-order valence-electron chi connectivity index (χ0n) is 19.4. The number of allylic oxidation sites excluding steroid dienone is 1. The Hall–Kier alpha value is -2.77. The summed E-state index contributed by atoms with van der Waals surface area (Å²) in [5.74, 6) is 1.93. The van der Waals surface area contributed by atoms with Gasteiger partial charge in [-0.15, -0.1) is 16.8 Å². The summed E-state index contributed by atoms with van der Waals surface area (Å²) in [6.07, 6.45) is 1.78. The van der Waals surface area contributed by atoms with Gasteiger partial charge in [-0.25, -0.2) is 0 Å². The van der Waals surface area contributed by atoms with Crippen molar-refractivity contribution in [1.82, 2.24) is 14.8 Å². The first-order valence-electron chi connectivity index (χ1n) is 10.7. The Morgan fingerprint density at radius 1 is 1.27 bits per heavy atom. The summed E-state index contributed by atoms with van der Waals surface area (Å²) in [7, 11) is 0. The molecule has 0 unspecified atom stereocenters. The third kappa shape index (κ3) is 6.39. The molecule has 1 N–H and O–H groups in total. The molecule has 0 aliphatic rings. The van der Waals surface area contributed by atoms with Gasteiger partial charge < -0.3 is 10.1 Å². The van der Waals surface area contributed by atoms with Crippen LogP contribution in [0, 0.1) is 13.8 Å². The molecule has 0 saturated heterocycles. The monoisotopic (exact) mass is 484 g/mol. The van der Waals surface area contributed by atoms with E-state index in [0.29, 0.717) is 34.2 Å². The highest BCUT2D eigenvalue weighted by Crippen LogP contribution is 2.29. The number of amides is 1. The van der Waals surface area contributed by atoms with Gasteiger partial charge in [0, 0.05) is 17.3 Å². The Morgan fingerprint density at radius 2 is 2.06 bits per heavy atom. The molecular formula is C25H29ClN4O2S. The summed E-state index contributed by atoms with van der Waals surface area (Å²) in [4.78, 5) is 12.5. The van der Waals surface area contributed by atoms with Gasteiger partial charge in [-0.1, -0.05) is 61.5 Å². The van der Waals surface area contributed by atoms with Crippen molar-refractivity contribution in [1.29, 1.82) is 0 Å². The zero-order valence-corrected chi connectivity index (χ0v) is 21.0. The highest BCUT2D eigenvalue weighted by atomic mass is 35.5. The van der Waals surface area contributed by atoms with E-state index in [0.717, 1.165) is 22.4 Å². The fraction of sp³-hybridized carbons (Fsp3) is 0.320. The molecule has 0 atom stereocenters. The van der Waals surface area contributed by atoms with E-state index >= 15 is 0 Å². The lowest BCUT2D eigenvalue weighted by atomic mass is 10.0. The molecule has 3 aromatic rings. The van der Waals surface area contributed by atoms with Crippen LogP contribution in [0.4, 0.5) is 5.69 Å². The largest absolute Gasteiger partial charge is 0.485 e. The van der Waals surface area contributed by atoms with E-state index in [9.17, 15) is 4.79 Å². The van der Waals surface area contributed by atoms with E-state index in [1.165, 1.54) is 11.8 Å². The van der Waals surface area contributed by atoms with E-state index in [1.807, 2.05) is 36.6 Å². The van der Waals surface area contributed by atoms with Crippen molar-refractivity contribution < 1.29 is 9.53 Å². The standard InChI is InChI=1S/C25H29ClN4O2S/c1-6-12-30-23(14-32-22-13-17(4)10-11-19(22)16(2)3)28-29-25(30)33-15-24(31)27-21-9-7-8-20(26)18(21)5/h6-11,13,16H,1,12,14-15H2,2-5H3,(H,27,31). The van der Waals surface area contributed by atoms with Gasteiger partial charge >= 0.3 is 0 Å². The summed E-state index contributed by atoms with van der Waals surface area (Å²) in [6, 6.07) is 11.7. The molecule has 3 rings (SSSR count). The minimum Gasteiger partial charge on any atom is -0.485 e. The predicted molar refractivity (Wildman–Crippen MR) is 135 cm³/mol. The summed E-state index contributed by atoms with van der Waals surface area (Å²) in [6.45, 7) is 12.8. The van der Waals surface area contributed by atoms with Crippen molar-refractivity contribution in [2.24, 2.45) is 0 Å². The SMILES string of the molecule is C=CCn1c(COc2cc(C)ccc2C(C)C)nnc1SCC(=O)Nc1cccc(Cl)c1C. The number of halogens is 1. The summed E-state index contributed by atoms with van der Waals surface area (Å²) in [5.41, 5.74) is 3.83. The summed E-state index contributed by atoms with van der Waals surface area (Å²) < 4.78 is 8.05. The molecular weight excluding hydrogens is 456 g/mol. The average Bonchev–Trinajstić information content (AvgIpc) is 3.15. The zero-order chi connectivity index (χ0) is 24.0. The Morgan fingerprint density at radius 3 is 2.79 bits per heavy atom. The number of hydrogen-bond acceptors (Lipinski definition) is 5. The van der Waals surface area contributed by atoms with Gasteiger partial charge in [-0.05, 0) is 54.7 Å². The van der Waals surface area contributed by atoms with Crippen LogP contribution in [-0.2, 0) is 17.9 Å². The summed E-state index contributed by atoms with van der Waals surface area (Å²) in [5, 5.41) is 12.7. The fourth-order valence-electron chi connectivity index (χ4n) is 3.29. The number of aromatic nitrogens is 3. The Labute approximate surface area is 204 Å². The molecule has 0 aliphatic carbocycles. The number of ether oxygens (including phenoxy) is 1. The number of hydrogen-bond donors (Lipinski definition) is 1. The smallest absolute Gasteiger partial charge is 0.234 e. The number of nitrogens with one attached hydrogen (secondary N) is 1. The lowest BCUT2D eigenvalue weighted by Gasteiger charge is -2.15. The molecule has 0 radical (unpaired) electrons. The van der Waals surface area contributed by atoms with Gasteiger partial charge in [-0.3, -0.25) is 9.36 Å². The maximum atomic E-state index is 12.5. The minimum atomic E-state index is -0.141. The maximum absolute atomic E-state index is 12.5. The van der Waals surface area contributed by atoms with Crippen molar-refractivity contribution in [3.05, 3.63) is 76.6 Å². The number of rotatable bonds is 10. The molecule has 0 saturated carbocycles. The first-order chi connectivity index (χ1) is 15.8. The Bertz CT molecular complexity index is 1140. The normalized spacial score (nSPS) is 11.0. The number of carbonyl (C=O) groups excluding carboxylic acids is 1. The number of anilines is 1. The van der Waals surface area contributed by atoms with Crippen LogP contribution in [-0.4, -0.2) is 26.4 Å². The van der Waals surface area contributed by atoms with Crippen LogP contribution in [0.1, 0.15) is 42.3 Å². The van der Waals surface area contributed by atoms with Gasteiger partial charge in [0.05, 0.1) is 5.75 Å². The molecule has 174 valence electrons. The molecule has 6 nitrogen and oxygen atoms in total. The molecule has 0 aliphatic heterocycles. The lowest BCUT2D eigenvalue weighted by Crippen LogP contribution is -2.15. The van der Waals surface area contributed by atoms with Gasteiger partial charge in [0.2, 0.25) is 5.91 Å². The fourth-order valence-corrected chi connectivity index (χ4v) is 4.23. The number of nitrogens with zero attached hydrogens (tertiary/aromatic N) is 3. The highest BCUT2D eigenvalue weighted by Gasteiger charge is 2.16. The van der Waals surface area contributed by atoms with Crippen molar-refractivity contribution in [2.75, 3.05) is 11.1 Å². The lowest BCUT2D eigenvalue weighted by molar-refractivity contribution is -0.113. The highest BCUT2D eigenvalue weighted by molar-refractivity contribution is 7.99. The molecule has 1 amide bonds. The van der Waals surface area contributed by atoms with Crippen LogP contribution >= 0.6 is 23.4 Å². The third-order valence-corrected chi connectivity index (χ3v) is 6.50. The molecule has 0 bridgehead atoms. The first kappa shape index (κ1) is 24.9.